The lowest BCUT2D eigenvalue weighted by Gasteiger charge is -2.27. The largest absolute Gasteiger partial charge is 0.494 e. The molecule has 3 N–H and O–H groups in total. The van der Waals surface area contributed by atoms with Crippen molar-refractivity contribution in [3.63, 3.8) is 0 Å². The summed E-state index contributed by atoms with van der Waals surface area (Å²) in [6.07, 6.45) is 6.33. The molecule has 4 aromatic rings. The van der Waals surface area contributed by atoms with E-state index in [-0.39, 0.29) is 30.2 Å². The molecule has 3 aromatic heterocycles. The number of pyridine rings is 1. The van der Waals surface area contributed by atoms with Gasteiger partial charge in [-0.1, -0.05) is 23.4 Å². The third-order valence-electron chi connectivity index (χ3n) is 6.15. The molecule has 0 aliphatic heterocycles. The summed E-state index contributed by atoms with van der Waals surface area (Å²) in [4.78, 5) is 21.8. The highest BCUT2D eigenvalue weighted by Gasteiger charge is 2.22. The Morgan fingerprint density at radius 3 is 2.76 bits per heavy atom. The summed E-state index contributed by atoms with van der Waals surface area (Å²) in [5, 5.41) is 19.0. The van der Waals surface area contributed by atoms with Crippen LogP contribution in [0, 0.1) is 0 Å². The fourth-order valence-electron chi connectivity index (χ4n) is 4.46. The van der Waals surface area contributed by atoms with Crippen molar-refractivity contribution < 1.29 is 9.84 Å². The molecule has 0 saturated heterocycles. The van der Waals surface area contributed by atoms with Gasteiger partial charge in [0.15, 0.2) is 0 Å². The molecule has 0 atom stereocenters. The average Bonchev–Trinajstić information content (AvgIpc) is 3.28. The Morgan fingerprint density at radius 2 is 1.97 bits per heavy atom. The van der Waals surface area contributed by atoms with Gasteiger partial charge in [0, 0.05) is 23.2 Å². The van der Waals surface area contributed by atoms with E-state index in [1.165, 1.54) is 0 Å². The summed E-state index contributed by atoms with van der Waals surface area (Å²) < 4.78 is 8.80. The summed E-state index contributed by atoms with van der Waals surface area (Å²) in [5.41, 5.74) is 8.19. The Labute approximate surface area is 189 Å². The molecule has 1 aliphatic carbocycles. The van der Waals surface area contributed by atoms with E-state index < -0.39 is 0 Å². The van der Waals surface area contributed by atoms with Crippen LogP contribution in [0.2, 0.25) is 0 Å². The molecule has 1 aromatic carbocycles. The van der Waals surface area contributed by atoms with Gasteiger partial charge in [-0.25, -0.2) is 14.6 Å². The van der Waals surface area contributed by atoms with Crippen molar-refractivity contribution in [2.75, 3.05) is 12.8 Å². The zero-order chi connectivity index (χ0) is 22.9. The van der Waals surface area contributed by atoms with E-state index in [1.807, 2.05) is 30.5 Å². The lowest BCUT2D eigenvalue weighted by Crippen LogP contribution is -2.31. The Balaban J connectivity index is 1.45. The smallest absolute Gasteiger partial charge is 0.255 e. The highest BCUT2D eigenvalue weighted by molar-refractivity contribution is 5.95. The maximum absolute atomic E-state index is 13.1. The molecule has 33 heavy (non-hydrogen) atoms. The number of nitrogens with zero attached hydrogens (tertiary/aromatic N) is 6. The van der Waals surface area contributed by atoms with Gasteiger partial charge < -0.3 is 20.1 Å². The standard InChI is InChI=1S/C23H25N7O3/c1-33-19-6-2-5-17-20(25-23(24)26-21(17)19)18-13-29(28-27-18)12-14-4-3-11-30(22(14)32)15-7-9-16(31)10-8-15/h2-6,11,13,15-16,31H,7-10,12H2,1H3,(H2,24,25,26)/t15-,16+. The second-order valence-electron chi connectivity index (χ2n) is 8.30. The molecule has 0 bridgehead atoms. The van der Waals surface area contributed by atoms with Crippen LogP contribution < -0.4 is 16.0 Å². The molecular weight excluding hydrogens is 422 g/mol. The first kappa shape index (κ1) is 21.1. The number of nitrogens with two attached hydrogens (primary N) is 1. The highest BCUT2D eigenvalue weighted by Crippen LogP contribution is 2.31. The zero-order valence-electron chi connectivity index (χ0n) is 18.3. The normalized spacial score (nSPS) is 18.5. The second-order valence-corrected chi connectivity index (χ2v) is 8.30. The number of aliphatic hydroxyl groups excluding tert-OH is 1. The molecule has 10 heteroatoms. The van der Waals surface area contributed by atoms with Crippen LogP contribution in [0.4, 0.5) is 5.95 Å². The predicted octanol–water partition coefficient (Wildman–Crippen LogP) is 2.17. The van der Waals surface area contributed by atoms with Gasteiger partial charge >= 0.3 is 0 Å². The predicted molar refractivity (Wildman–Crippen MR) is 123 cm³/mol. The molecule has 5 rings (SSSR count). The maximum atomic E-state index is 13.1. The van der Waals surface area contributed by atoms with Crippen molar-refractivity contribution >= 4 is 16.9 Å². The number of anilines is 1. The van der Waals surface area contributed by atoms with Gasteiger partial charge in [0.2, 0.25) is 5.95 Å². The number of benzene rings is 1. The summed E-state index contributed by atoms with van der Waals surface area (Å²) in [7, 11) is 1.57. The third-order valence-corrected chi connectivity index (χ3v) is 6.15. The number of hydrogen-bond donors (Lipinski definition) is 2. The molecule has 0 radical (unpaired) electrons. The lowest BCUT2D eigenvalue weighted by molar-refractivity contribution is 0.110. The number of aliphatic hydroxyl groups is 1. The van der Waals surface area contributed by atoms with Crippen LogP contribution >= 0.6 is 0 Å². The van der Waals surface area contributed by atoms with E-state index in [2.05, 4.69) is 20.3 Å². The van der Waals surface area contributed by atoms with E-state index in [0.717, 1.165) is 18.2 Å². The number of aromatic nitrogens is 6. The van der Waals surface area contributed by atoms with Crippen LogP contribution in [0.5, 0.6) is 5.75 Å². The van der Waals surface area contributed by atoms with Gasteiger partial charge in [-0.05, 0) is 37.8 Å². The molecule has 1 saturated carbocycles. The minimum absolute atomic E-state index is 0.0441. The summed E-state index contributed by atoms with van der Waals surface area (Å²) >= 11 is 0. The zero-order valence-corrected chi connectivity index (χ0v) is 18.3. The molecule has 170 valence electrons. The van der Waals surface area contributed by atoms with Gasteiger partial charge in [-0.2, -0.15) is 0 Å². The SMILES string of the molecule is COc1cccc2c(-c3cn(Cc4cccn([C@H]5CC[C@@H](O)CC5)c4=O)nn3)nc(N)nc12. The van der Waals surface area contributed by atoms with Crippen molar-refractivity contribution in [2.24, 2.45) is 0 Å². The topological polar surface area (TPSA) is 134 Å². The van der Waals surface area contributed by atoms with Gasteiger partial charge in [0.1, 0.15) is 22.7 Å². The fourth-order valence-corrected chi connectivity index (χ4v) is 4.46. The Kier molecular flexibility index (Phi) is 5.51. The van der Waals surface area contributed by atoms with Gasteiger partial charge in [0.05, 0.1) is 26.0 Å². The Morgan fingerprint density at radius 1 is 1.15 bits per heavy atom. The molecular formula is C23H25N7O3. The quantitative estimate of drug-likeness (QED) is 0.475. The number of hydrogen-bond acceptors (Lipinski definition) is 8. The Bertz CT molecular complexity index is 1360. The number of para-hydroxylation sites is 1. The van der Waals surface area contributed by atoms with E-state index >= 15 is 0 Å². The van der Waals surface area contributed by atoms with Crippen LogP contribution in [0.3, 0.4) is 0 Å². The summed E-state index contributed by atoms with van der Waals surface area (Å²) in [5.74, 6) is 0.704. The van der Waals surface area contributed by atoms with Crippen molar-refractivity contribution in [3.8, 4) is 17.1 Å². The number of nitrogen functional groups attached to an aromatic ring is 1. The van der Waals surface area contributed by atoms with Crippen LogP contribution in [0.25, 0.3) is 22.3 Å². The second kappa shape index (κ2) is 8.62. The molecule has 0 spiro atoms. The molecule has 10 nitrogen and oxygen atoms in total. The van der Waals surface area contributed by atoms with E-state index in [4.69, 9.17) is 10.5 Å². The minimum Gasteiger partial charge on any atom is -0.494 e. The van der Waals surface area contributed by atoms with Gasteiger partial charge in [-0.3, -0.25) is 4.79 Å². The van der Waals surface area contributed by atoms with Crippen LogP contribution in [0.15, 0.2) is 47.5 Å². The average molecular weight is 447 g/mol. The van der Waals surface area contributed by atoms with Crippen molar-refractivity contribution in [3.05, 3.63) is 58.6 Å². The van der Waals surface area contributed by atoms with Gasteiger partial charge in [-0.15, -0.1) is 5.10 Å². The molecule has 1 fully saturated rings. The summed E-state index contributed by atoms with van der Waals surface area (Å²) in [6, 6.07) is 9.33. The van der Waals surface area contributed by atoms with Crippen molar-refractivity contribution in [1.29, 1.82) is 0 Å². The molecule has 0 unspecified atom stereocenters. The van der Waals surface area contributed by atoms with E-state index in [1.54, 1.807) is 28.6 Å². The first-order chi connectivity index (χ1) is 16.0. The minimum atomic E-state index is -0.263. The summed E-state index contributed by atoms with van der Waals surface area (Å²) in [6.45, 7) is 0.282. The number of rotatable bonds is 5. The molecule has 0 amide bonds. The van der Waals surface area contributed by atoms with Crippen molar-refractivity contribution in [1.82, 2.24) is 29.5 Å². The van der Waals surface area contributed by atoms with Crippen LogP contribution in [-0.2, 0) is 6.54 Å². The highest BCUT2D eigenvalue weighted by atomic mass is 16.5. The number of methoxy groups -OCH3 is 1. The maximum Gasteiger partial charge on any atom is 0.255 e. The van der Waals surface area contributed by atoms with E-state index in [9.17, 15) is 9.90 Å². The third kappa shape index (κ3) is 4.05. The lowest BCUT2D eigenvalue weighted by atomic mass is 9.93. The monoisotopic (exact) mass is 447 g/mol. The first-order valence-corrected chi connectivity index (χ1v) is 10.9. The molecule has 3 heterocycles. The van der Waals surface area contributed by atoms with E-state index in [0.29, 0.717) is 41.1 Å². The molecule has 1 aliphatic rings. The first-order valence-electron chi connectivity index (χ1n) is 10.9. The fraction of sp³-hybridized carbons (Fsp3) is 0.348. The van der Waals surface area contributed by atoms with Crippen LogP contribution in [-0.4, -0.2) is 47.8 Å². The van der Waals surface area contributed by atoms with Crippen molar-refractivity contribution in [2.45, 2.75) is 44.4 Å². The number of fused-ring (bicyclic) bond motifs is 1. The Hall–Kier alpha value is -3.79. The number of ether oxygens (including phenoxy) is 1. The van der Waals surface area contributed by atoms with Crippen LogP contribution in [0.1, 0.15) is 37.3 Å². The van der Waals surface area contributed by atoms with Gasteiger partial charge in [0.25, 0.3) is 5.56 Å².